The molecule has 3 nitrogen and oxygen atoms in total. The van der Waals surface area contributed by atoms with Crippen molar-refractivity contribution in [2.24, 2.45) is 34.0 Å². The number of benzene rings is 1. The zero-order chi connectivity index (χ0) is 21.5. The molecular weight excluding hydrogens is 372 g/mol. The highest BCUT2D eigenvalue weighted by Gasteiger charge is 2.76. The van der Waals surface area contributed by atoms with E-state index in [4.69, 9.17) is 4.74 Å². The number of hydrogen-bond donors (Lipinski definition) is 1. The summed E-state index contributed by atoms with van der Waals surface area (Å²) in [4.78, 5) is 13.5. The van der Waals surface area contributed by atoms with E-state index in [1.54, 1.807) is 0 Å². The first-order valence-electron chi connectivity index (χ1n) is 11.4. The second-order valence-electron chi connectivity index (χ2n) is 11.2. The van der Waals surface area contributed by atoms with Gasteiger partial charge in [-0.05, 0) is 61.7 Å². The number of carbonyl (C=O) groups excluding carboxylic acids is 1. The fourth-order valence-electron chi connectivity index (χ4n) is 7.62. The lowest BCUT2D eigenvalue weighted by molar-refractivity contribution is -0.166. The van der Waals surface area contributed by atoms with E-state index in [-0.39, 0.29) is 29.1 Å². The van der Waals surface area contributed by atoms with E-state index in [9.17, 15) is 9.90 Å². The third-order valence-corrected chi connectivity index (χ3v) is 9.13. The number of carbonyl (C=O) groups is 1. The van der Waals surface area contributed by atoms with E-state index < -0.39 is 16.4 Å². The molecule has 2 saturated carbocycles. The molecule has 0 unspecified atom stereocenters. The maximum absolute atomic E-state index is 13.5. The summed E-state index contributed by atoms with van der Waals surface area (Å²) in [6.45, 7) is 11.3. The molecule has 0 spiro atoms. The molecule has 30 heavy (non-hydrogen) atoms. The predicted molar refractivity (Wildman–Crippen MR) is 118 cm³/mol. The van der Waals surface area contributed by atoms with Gasteiger partial charge in [-0.2, -0.15) is 0 Å². The van der Waals surface area contributed by atoms with Crippen molar-refractivity contribution >= 4 is 5.78 Å². The summed E-state index contributed by atoms with van der Waals surface area (Å²) in [5.41, 5.74) is -0.308. The Hall–Kier alpha value is -1.71. The van der Waals surface area contributed by atoms with Gasteiger partial charge in [0, 0.05) is 10.8 Å². The highest BCUT2D eigenvalue weighted by molar-refractivity contribution is 5.99. The summed E-state index contributed by atoms with van der Waals surface area (Å²) in [7, 11) is 0. The number of hydrogen-bond acceptors (Lipinski definition) is 3. The van der Waals surface area contributed by atoms with Crippen LogP contribution in [0.15, 0.2) is 54.1 Å². The van der Waals surface area contributed by atoms with Crippen LogP contribution in [0.4, 0.5) is 0 Å². The van der Waals surface area contributed by atoms with E-state index in [1.165, 1.54) is 5.56 Å². The van der Waals surface area contributed by atoms with Gasteiger partial charge in [-0.3, -0.25) is 4.79 Å². The van der Waals surface area contributed by atoms with Crippen LogP contribution in [0.5, 0.6) is 0 Å². The van der Waals surface area contributed by atoms with Crippen molar-refractivity contribution in [3.05, 3.63) is 59.7 Å². The molecule has 2 fully saturated rings. The molecule has 3 heteroatoms. The second-order valence-corrected chi connectivity index (χ2v) is 11.2. The Morgan fingerprint density at radius 1 is 1.10 bits per heavy atom. The van der Waals surface area contributed by atoms with Crippen LogP contribution < -0.4 is 0 Å². The average molecular weight is 407 g/mol. The van der Waals surface area contributed by atoms with Gasteiger partial charge >= 0.3 is 0 Å². The summed E-state index contributed by atoms with van der Waals surface area (Å²) >= 11 is 0. The Bertz CT molecular complexity index is 944. The summed E-state index contributed by atoms with van der Waals surface area (Å²) in [6, 6.07) is 10.3. The summed E-state index contributed by atoms with van der Waals surface area (Å²) in [6.07, 6.45) is 7.91. The van der Waals surface area contributed by atoms with E-state index >= 15 is 0 Å². The molecule has 7 atom stereocenters. The monoisotopic (exact) mass is 406 g/mol. The molecule has 1 aromatic rings. The minimum absolute atomic E-state index is 0.0643. The van der Waals surface area contributed by atoms with Crippen LogP contribution in [0.3, 0.4) is 0 Å². The standard InChI is InChI=1S/C27H34O3/c1-17-13-20-19(23(17)30-16-18-9-7-6-8-10-18)15-26(5)22(28)14-21-24(2,3)11-12-25(21,4)27(20,26)29/h6-12,14,17,19-20,23,29H,13,15-16H2,1-5H3/t17-,19+,20+,23+,25-,26-,27-/m1/s1. The van der Waals surface area contributed by atoms with Crippen molar-refractivity contribution in [1.82, 2.24) is 0 Å². The largest absolute Gasteiger partial charge is 0.387 e. The van der Waals surface area contributed by atoms with E-state index in [2.05, 4.69) is 52.0 Å². The Morgan fingerprint density at radius 2 is 1.80 bits per heavy atom. The number of ketones is 1. The minimum Gasteiger partial charge on any atom is -0.387 e. The SMILES string of the molecule is C[C@@H]1C[C@H]2[C@H](C[C@]3(C)C(=O)C=C4C(C)(C)C=C[C@@]4(C)[C@]23O)[C@H]1OCc1ccccc1. The first kappa shape index (κ1) is 20.2. The van der Waals surface area contributed by atoms with E-state index in [0.29, 0.717) is 18.9 Å². The van der Waals surface area contributed by atoms with Crippen LogP contribution in [0, 0.1) is 34.0 Å². The lowest BCUT2D eigenvalue weighted by atomic mass is 9.50. The Balaban J connectivity index is 1.51. The fraction of sp³-hybridized carbons (Fsp3) is 0.593. The van der Waals surface area contributed by atoms with Gasteiger partial charge in [-0.15, -0.1) is 0 Å². The Kier molecular flexibility index (Phi) is 4.16. The molecule has 1 N–H and O–H groups in total. The van der Waals surface area contributed by atoms with Crippen LogP contribution in [-0.4, -0.2) is 22.6 Å². The zero-order valence-corrected chi connectivity index (χ0v) is 18.8. The van der Waals surface area contributed by atoms with Gasteiger partial charge in [0.25, 0.3) is 0 Å². The van der Waals surface area contributed by atoms with Gasteiger partial charge in [0.2, 0.25) is 0 Å². The highest BCUT2D eigenvalue weighted by Crippen LogP contribution is 2.72. The van der Waals surface area contributed by atoms with Crippen LogP contribution in [0.1, 0.15) is 53.0 Å². The molecule has 4 aliphatic rings. The molecule has 0 aromatic heterocycles. The van der Waals surface area contributed by atoms with Crippen LogP contribution in [0.2, 0.25) is 0 Å². The van der Waals surface area contributed by atoms with Gasteiger partial charge in [0.1, 0.15) is 0 Å². The number of fused-ring (bicyclic) bond motifs is 5. The number of rotatable bonds is 3. The summed E-state index contributed by atoms with van der Waals surface area (Å²) in [5, 5.41) is 12.5. The van der Waals surface area contributed by atoms with Crippen molar-refractivity contribution in [1.29, 1.82) is 0 Å². The molecule has 0 amide bonds. The third-order valence-electron chi connectivity index (χ3n) is 9.13. The first-order chi connectivity index (χ1) is 14.0. The van der Waals surface area contributed by atoms with E-state index in [1.807, 2.05) is 31.2 Å². The minimum atomic E-state index is -1.07. The molecular formula is C27H34O3. The van der Waals surface area contributed by atoms with Gasteiger partial charge in [0.05, 0.1) is 23.7 Å². The van der Waals surface area contributed by atoms with Gasteiger partial charge in [-0.1, -0.05) is 63.3 Å². The molecule has 4 aliphatic carbocycles. The number of ether oxygens (including phenoxy) is 1. The number of aliphatic hydroxyl groups is 1. The Labute approximate surface area is 180 Å². The maximum Gasteiger partial charge on any atom is 0.164 e. The average Bonchev–Trinajstić information content (AvgIpc) is 3.23. The molecule has 0 heterocycles. The molecule has 1 aromatic carbocycles. The summed E-state index contributed by atoms with van der Waals surface area (Å²) < 4.78 is 6.47. The molecule has 5 rings (SSSR count). The van der Waals surface area contributed by atoms with Crippen molar-refractivity contribution in [2.75, 3.05) is 0 Å². The van der Waals surface area contributed by atoms with Crippen molar-refractivity contribution in [3.63, 3.8) is 0 Å². The topological polar surface area (TPSA) is 46.5 Å². The lowest BCUT2D eigenvalue weighted by Gasteiger charge is -2.55. The van der Waals surface area contributed by atoms with Gasteiger partial charge in [-0.25, -0.2) is 0 Å². The normalized spacial score (nSPS) is 45.8. The predicted octanol–water partition coefficient (Wildman–Crippen LogP) is 5.10. The van der Waals surface area contributed by atoms with Crippen molar-refractivity contribution < 1.29 is 14.6 Å². The molecule has 160 valence electrons. The zero-order valence-electron chi connectivity index (χ0n) is 18.8. The van der Waals surface area contributed by atoms with Gasteiger partial charge in [0.15, 0.2) is 5.78 Å². The molecule has 0 aliphatic heterocycles. The summed E-state index contributed by atoms with van der Waals surface area (Å²) in [5.74, 6) is 0.723. The second kappa shape index (κ2) is 6.17. The molecule has 0 saturated heterocycles. The quantitative estimate of drug-likeness (QED) is 0.711. The van der Waals surface area contributed by atoms with Crippen molar-refractivity contribution in [3.8, 4) is 0 Å². The van der Waals surface area contributed by atoms with Crippen LogP contribution in [0.25, 0.3) is 0 Å². The number of allylic oxidation sites excluding steroid dienone is 2. The van der Waals surface area contributed by atoms with Gasteiger partial charge < -0.3 is 9.84 Å². The molecule has 0 bridgehead atoms. The van der Waals surface area contributed by atoms with Crippen molar-refractivity contribution in [2.45, 2.75) is 65.8 Å². The Morgan fingerprint density at radius 3 is 2.50 bits per heavy atom. The third kappa shape index (κ3) is 2.31. The van der Waals surface area contributed by atoms with Crippen LogP contribution in [-0.2, 0) is 16.1 Å². The van der Waals surface area contributed by atoms with E-state index in [0.717, 1.165) is 12.0 Å². The smallest absolute Gasteiger partial charge is 0.164 e. The van der Waals surface area contributed by atoms with Crippen LogP contribution >= 0.6 is 0 Å². The fourth-order valence-corrected chi connectivity index (χ4v) is 7.62. The highest BCUT2D eigenvalue weighted by atomic mass is 16.5. The first-order valence-corrected chi connectivity index (χ1v) is 11.4. The maximum atomic E-state index is 13.5. The lowest BCUT2D eigenvalue weighted by Crippen LogP contribution is -2.63. The molecule has 0 radical (unpaired) electrons.